The summed E-state index contributed by atoms with van der Waals surface area (Å²) in [5.74, 6) is 0.0430. The van der Waals surface area contributed by atoms with E-state index in [1.807, 2.05) is 6.07 Å². The zero-order valence-electron chi connectivity index (χ0n) is 6.51. The highest BCUT2D eigenvalue weighted by atomic mass is 79.9. The molecule has 0 saturated carbocycles. The predicted octanol–water partition coefficient (Wildman–Crippen LogP) is 0.811. The number of H-pyrrole nitrogens is 1. The first kappa shape index (κ1) is 9.25. The van der Waals surface area contributed by atoms with Crippen molar-refractivity contribution >= 4 is 21.8 Å². The fraction of sp³-hybridized carbons (Fsp3) is 0.429. The molecule has 0 spiro atoms. The first-order valence-electron chi connectivity index (χ1n) is 3.64. The third-order valence-electron chi connectivity index (χ3n) is 1.36. The number of halogens is 1. The molecule has 0 fully saturated rings. The molecule has 0 unspecified atom stereocenters. The molecule has 66 valence electrons. The Bertz CT molecular complexity index is 235. The summed E-state index contributed by atoms with van der Waals surface area (Å²) in [6.07, 6.45) is 2.17. The van der Waals surface area contributed by atoms with E-state index < -0.39 is 0 Å². The minimum atomic E-state index is 0.0430. The molecule has 1 aromatic rings. The molecule has 2 N–H and O–H groups in total. The van der Waals surface area contributed by atoms with E-state index in [0.29, 0.717) is 18.3 Å². The lowest BCUT2D eigenvalue weighted by Gasteiger charge is -2.00. The molecule has 1 heterocycles. The highest BCUT2D eigenvalue weighted by Gasteiger charge is 1.99. The zero-order chi connectivity index (χ0) is 8.81. The van der Waals surface area contributed by atoms with E-state index in [2.05, 4.69) is 31.4 Å². The van der Waals surface area contributed by atoms with Gasteiger partial charge in [-0.3, -0.25) is 9.89 Å². The van der Waals surface area contributed by atoms with Gasteiger partial charge in [-0.25, -0.2) is 0 Å². The standard InChI is InChI=1S/C7H10BrN3O/c8-3-1-7(12)9-5-6-2-4-10-11-6/h2,4H,1,3,5H2,(H,9,12)(H,10,11). The smallest absolute Gasteiger partial charge is 0.221 e. The third kappa shape index (κ3) is 3.04. The lowest BCUT2D eigenvalue weighted by Crippen LogP contribution is -2.22. The largest absolute Gasteiger partial charge is 0.350 e. The third-order valence-corrected chi connectivity index (χ3v) is 1.75. The average Bonchev–Trinajstić information content (AvgIpc) is 2.53. The second-order valence-corrected chi connectivity index (χ2v) is 3.09. The van der Waals surface area contributed by atoms with Crippen molar-refractivity contribution in [2.75, 3.05) is 5.33 Å². The van der Waals surface area contributed by atoms with Crippen molar-refractivity contribution in [3.05, 3.63) is 18.0 Å². The number of nitrogens with one attached hydrogen (secondary N) is 2. The van der Waals surface area contributed by atoms with Gasteiger partial charge in [0.15, 0.2) is 0 Å². The van der Waals surface area contributed by atoms with Crippen LogP contribution in [-0.2, 0) is 11.3 Å². The average molecular weight is 232 g/mol. The molecule has 0 aliphatic carbocycles. The summed E-state index contributed by atoms with van der Waals surface area (Å²) < 4.78 is 0. The molecule has 0 aromatic carbocycles. The number of alkyl halides is 1. The van der Waals surface area contributed by atoms with E-state index in [-0.39, 0.29) is 5.91 Å². The summed E-state index contributed by atoms with van der Waals surface area (Å²) in [7, 11) is 0. The van der Waals surface area contributed by atoms with Gasteiger partial charge in [0, 0.05) is 17.9 Å². The van der Waals surface area contributed by atoms with Crippen LogP contribution in [0.5, 0.6) is 0 Å². The van der Waals surface area contributed by atoms with Gasteiger partial charge >= 0.3 is 0 Å². The molecule has 12 heavy (non-hydrogen) atoms. The van der Waals surface area contributed by atoms with E-state index >= 15 is 0 Å². The Labute approximate surface area is 78.9 Å². The summed E-state index contributed by atoms with van der Waals surface area (Å²) in [6.45, 7) is 0.520. The van der Waals surface area contributed by atoms with Gasteiger partial charge in [0.2, 0.25) is 5.91 Å². The van der Waals surface area contributed by atoms with Crippen LogP contribution in [-0.4, -0.2) is 21.4 Å². The van der Waals surface area contributed by atoms with E-state index in [9.17, 15) is 4.79 Å². The molecular weight excluding hydrogens is 222 g/mol. The van der Waals surface area contributed by atoms with Gasteiger partial charge in [-0.1, -0.05) is 15.9 Å². The van der Waals surface area contributed by atoms with Crippen molar-refractivity contribution in [1.29, 1.82) is 0 Å². The normalized spacial score (nSPS) is 9.75. The van der Waals surface area contributed by atoms with Gasteiger partial charge in [0.1, 0.15) is 0 Å². The lowest BCUT2D eigenvalue weighted by atomic mass is 10.4. The van der Waals surface area contributed by atoms with E-state index in [1.165, 1.54) is 0 Å². The summed E-state index contributed by atoms with van der Waals surface area (Å²) in [6, 6.07) is 1.83. The Hall–Kier alpha value is -0.840. The number of aromatic amines is 1. The second-order valence-electron chi connectivity index (χ2n) is 2.30. The number of hydrogen-bond acceptors (Lipinski definition) is 2. The van der Waals surface area contributed by atoms with Crippen LogP contribution in [0.2, 0.25) is 0 Å². The maximum atomic E-state index is 11.0. The molecule has 1 rings (SSSR count). The van der Waals surface area contributed by atoms with E-state index in [1.54, 1.807) is 6.20 Å². The van der Waals surface area contributed by atoms with Crippen LogP contribution >= 0.6 is 15.9 Å². The molecule has 0 radical (unpaired) electrons. The van der Waals surface area contributed by atoms with E-state index in [4.69, 9.17) is 0 Å². The Morgan fingerprint density at radius 3 is 3.17 bits per heavy atom. The van der Waals surface area contributed by atoms with Gasteiger partial charge < -0.3 is 5.32 Å². The maximum absolute atomic E-state index is 11.0. The topological polar surface area (TPSA) is 57.8 Å². The van der Waals surface area contributed by atoms with Crippen LogP contribution in [0.4, 0.5) is 0 Å². The van der Waals surface area contributed by atoms with E-state index in [0.717, 1.165) is 5.69 Å². The predicted molar refractivity (Wildman–Crippen MR) is 48.8 cm³/mol. The quantitative estimate of drug-likeness (QED) is 0.754. The maximum Gasteiger partial charge on any atom is 0.221 e. The van der Waals surface area contributed by atoms with Crippen molar-refractivity contribution in [1.82, 2.24) is 15.5 Å². The summed E-state index contributed by atoms with van der Waals surface area (Å²) in [5, 5.41) is 9.96. The Morgan fingerprint density at radius 1 is 1.75 bits per heavy atom. The van der Waals surface area contributed by atoms with Gasteiger partial charge in [0.25, 0.3) is 0 Å². The monoisotopic (exact) mass is 231 g/mol. The molecule has 4 nitrogen and oxygen atoms in total. The van der Waals surface area contributed by atoms with Crippen molar-refractivity contribution < 1.29 is 4.79 Å². The van der Waals surface area contributed by atoms with Crippen molar-refractivity contribution in [3.8, 4) is 0 Å². The van der Waals surface area contributed by atoms with Gasteiger partial charge in [-0.05, 0) is 6.07 Å². The minimum Gasteiger partial charge on any atom is -0.350 e. The second kappa shape index (κ2) is 4.92. The van der Waals surface area contributed by atoms with Crippen molar-refractivity contribution in [2.45, 2.75) is 13.0 Å². The highest BCUT2D eigenvalue weighted by molar-refractivity contribution is 9.09. The summed E-state index contributed by atoms with van der Waals surface area (Å²) in [4.78, 5) is 11.0. The first-order chi connectivity index (χ1) is 5.83. The summed E-state index contributed by atoms with van der Waals surface area (Å²) >= 11 is 3.19. The zero-order valence-corrected chi connectivity index (χ0v) is 8.10. The van der Waals surface area contributed by atoms with Crippen molar-refractivity contribution in [2.24, 2.45) is 0 Å². The van der Waals surface area contributed by atoms with Crippen LogP contribution in [0.1, 0.15) is 12.1 Å². The summed E-state index contributed by atoms with van der Waals surface area (Å²) in [5.41, 5.74) is 0.915. The van der Waals surface area contributed by atoms with Crippen LogP contribution in [0.15, 0.2) is 12.3 Å². The number of amides is 1. The van der Waals surface area contributed by atoms with Gasteiger partial charge in [0.05, 0.1) is 12.2 Å². The molecule has 0 atom stereocenters. The number of rotatable bonds is 4. The minimum absolute atomic E-state index is 0.0430. The molecule has 0 aliphatic rings. The van der Waals surface area contributed by atoms with Crippen LogP contribution in [0.3, 0.4) is 0 Å². The Balaban J connectivity index is 2.22. The lowest BCUT2D eigenvalue weighted by molar-refractivity contribution is -0.120. The van der Waals surface area contributed by atoms with Crippen LogP contribution in [0.25, 0.3) is 0 Å². The Kier molecular flexibility index (Phi) is 3.79. The Morgan fingerprint density at radius 2 is 2.58 bits per heavy atom. The first-order valence-corrected chi connectivity index (χ1v) is 4.76. The fourth-order valence-corrected chi connectivity index (χ4v) is 1.11. The SMILES string of the molecule is O=C(CCBr)NCc1ccn[nH]1. The molecule has 5 heteroatoms. The number of carbonyl (C=O) groups excluding carboxylic acids is 1. The molecular formula is C7H10BrN3O. The van der Waals surface area contributed by atoms with Crippen LogP contribution < -0.4 is 5.32 Å². The van der Waals surface area contributed by atoms with Gasteiger partial charge in [-0.15, -0.1) is 0 Å². The number of carbonyl (C=O) groups is 1. The van der Waals surface area contributed by atoms with Crippen molar-refractivity contribution in [3.63, 3.8) is 0 Å². The van der Waals surface area contributed by atoms with Gasteiger partial charge in [-0.2, -0.15) is 5.10 Å². The number of nitrogens with zero attached hydrogens (tertiary/aromatic N) is 1. The molecule has 1 amide bonds. The molecule has 0 aliphatic heterocycles. The molecule has 1 aromatic heterocycles. The molecule has 0 bridgehead atoms. The number of aromatic nitrogens is 2. The highest BCUT2D eigenvalue weighted by Crippen LogP contribution is 1.92. The van der Waals surface area contributed by atoms with Crippen LogP contribution in [0, 0.1) is 0 Å². The molecule has 0 saturated heterocycles. The number of hydrogen-bond donors (Lipinski definition) is 2. The fourth-order valence-electron chi connectivity index (χ4n) is 0.751.